The van der Waals surface area contributed by atoms with E-state index in [1.807, 2.05) is 13.8 Å². The molecule has 0 aliphatic carbocycles. The second-order valence-corrected chi connectivity index (χ2v) is 12.1. The number of aryl methyl sites for hydroxylation is 2. The van der Waals surface area contributed by atoms with Gasteiger partial charge < -0.3 is 5.21 Å². The van der Waals surface area contributed by atoms with Gasteiger partial charge >= 0.3 is 0 Å². The number of benzene rings is 2. The third-order valence-corrected chi connectivity index (χ3v) is 9.46. The second-order valence-electron chi connectivity index (χ2n) is 8.25. The predicted molar refractivity (Wildman–Crippen MR) is 128 cm³/mol. The number of hydroxylamine groups is 1. The van der Waals surface area contributed by atoms with E-state index in [1.165, 1.54) is 14.8 Å². The van der Waals surface area contributed by atoms with Crippen LogP contribution in [-0.4, -0.2) is 69.1 Å². The highest BCUT2D eigenvalue weighted by Crippen LogP contribution is 2.20. The molecule has 0 amide bonds. The lowest BCUT2D eigenvalue weighted by molar-refractivity contribution is -0.454. The molecule has 8 nitrogen and oxygen atoms in total. The fraction of sp³-hybridized carbons (Fsp3) is 0.435. The molecule has 1 aliphatic rings. The molecule has 180 valence electrons. The topological polar surface area (TPSA) is 101 Å². The van der Waals surface area contributed by atoms with Gasteiger partial charge in [-0.25, -0.2) is 21.6 Å². The Bertz CT molecular complexity index is 1180. The molecule has 0 saturated heterocycles. The van der Waals surface area contributed by atoms with Crippen molar-refractivity contribution in [3.8, 4) is 0 Å². The number of rotatable bonds is 4. The SMILES string of the molecule is Cc1ccc(S(=O)(=O)N2CC/C=[N+](\[O-])CCCN(S(=O)(=O)c3ccc(C)cc3)CCC2)cc1. The maximum Gasteiger partial charge on any atom is 0.243 e. The summed E-state index contributed by atoms with van der Waals surface area (Å²) < 4.78 is 56.3. The molecule has 0 bridgehead atoms. The molecule has 0 fully saturated rings. The van der Waals surface area contributed by atoms with E-state index in [4.69, 9.17) is 0 Å². The van der Waals surface area contributed by atoms with E-state index in [0.29, 0.717) is 19.3 Å². The van der Waals surface area contributed by atoms with Crippen molar-refractivity contribution in [3.63, 3.8) is 0 Å². The highest BCUT2D eigenvalue weighted by molar-refractivity contribution is 7.89. The van der Waals surface area contributed by atoms with Crippen LogP contribution in [-0.2, 0) is 20.0 Å². The maximum atomic E-state index is 13.2. The minimum absolute atomic E-state index is 0.143. The molecular formula is C23H31N3O5S2. The van der Waals surface area contributed by atoms with Gasteiger partial charge in [0.25, 0.3) is 0 Å². The van der Waals surface area contributed by atoms with Gasteiger partial charge in [0.2, 0.25) is 20.0 Å². The van der Waals surface area contributed by atoms with Gasteiger partial charge in [-0.1, -0.05) is 35.4 Å². The highest BCUT2D eigenvalue weighted by Gasteiger charge is 2.27. The van der Waals surface area contributed by atoms with E-state index >= 15 is 0 Å². The smallest absolute Gasteiger partial charge is 0.243 e. The normalized spacial score (nSPS) is 19.8. The van der Waals surface area contributed by atoms with Gasteiger partial charge in [0.1, 0.15) is 0 Å². The van der Waals surface area contributed by atoms with E-state index in [-0.39, 0.29) is 42.5 Å². The van der Waals surface area contributed by atoms with Crippen LogP contribution in [0.3, 0.4) is 0 Å². The van der Waals surface area contributed by atoms with Crippen LogP contribution in [0.15, 0.2) is 58.3 Å². The minimum Gasteiger partial charge on any atom is -0.624 e. The standard InChI is InChI=1S/C23H31N3O5S2/c1-20-6-10-22(11-7-20)32(28,29)25-16-3-14-24(27)15-4-17-26(19-5-18-25)33(30,31)23-12-8-21(2)9-13-23/h6-14H,3-5,15-19H2,1-2H3/b24-14-. The molecule has 0 saturated carbocycles. The molecule has 1 heterocycles. The Labute approximate surface area is 196 Å². The van der Waals surface area contributed by atoms with Gasteiger partial charge in [0, 0.05) is 39.0 Å². The third kappa shape index (κ3) is 6.41. The van der Waals surface area contributed by atoms with Crippen molar-refractivity contribution >= 4 is 26.3 Å². The summed E-state index contributed by atoms with van der Waals surface area (Å²) in [6, 6.07) is 13.2. The van der Waals surface area contributed by atoms with Crippen molar-refractivity contribution in [1.29, 1.82) is 0 Å². The Morgan fingerprint density at radius 2 is 1.12 bits per heavy atom. The summed E-state index contributed by atoms with van der Waals surface area (Å²) >= 11 is 0. The largest absolute Gasteiger partial charge is 0.624 e. The van der Waals surface area contributed by atoms with Crippen LogP contribution in [0.1, 0.15) is 30.4 Å². The van der Waals surface area contributed by atoms with Crippen molar-refractivity contribution in [2.75, 3.05) is 32.7 Å². The number of nitrogens with zero attached hydrogens (tertiary/aromatic N) is 3. The Hall–Kier alpha value is -2.27. The number of hydrogen-bond donors (Lipinski definition) is 0. The quantitative estimate of drug-likeness (QED) is 0.482. The maximum absolute atomic E-state index is 13.2. The predicted octanol–water partition coefficient (Wildman–Crippen LogP) is 2.75. The zero-order chi connectivity index (χ0) is 24.1. The van der Waals surface area contributed by atoms with Crippen molar-refractivity contribution in [2.24, 2.45) is 0 Å². The molecule has 0 N–H and O–H groups in total. The summed E-state index contributed by atoms with van der Waals surface area (Å²) in [5, 5.41) is 12.2. The summed E-state index contributed by atoms with van der Waals surface area (Å²) in [5.41, 5.74) is 1.91. The van der Waals surface area contributed by atoms with Crippen molar-refractivity contribution in [3.05, 3.63) is 64.9 Å². The minimum atomic E-state index is -3.77. The van der Waals surface area contributed by atoms with Crippen LogP contribution in [0.25, 0.3) is 0 Å². The summed E-state index contributed by atoms with van der Waals surface area (Å²) in [5.74, 6) is 0. The Morgan fingerprint density at radius 1 is 0.697 bits per heavy atom. The molecule has 0 spiro atoms. The van der Waals surface area contributed by atoms with Crippen LogP contribution in [0.4, 0.5) is 0 Å². The lowest BCUT2D eigenvalue weighted by Gasteiger charge is -2.26. The molecule has 0 unspecified atom stereocenters. The van der Waals surface area contributed by atoms with Gasteiger partial charge in [-0.05, 0) is 44.5 Å². The highest BCUT2D eigenvalue weighted by atomic mass is 32.2. The van der Waals surface area contributed by atoms with Crippen molar-refractivity contribution in [2.45, 2.75) is 42.9 Å². The molecule has 1 aliphatic heterocycles. The van der Waals surface area contributed by atoms with E-state index in [2.05, 4.69) is 0 Å². The molecule has 0 aromatic heterocycles. The first kappa shape index (κ1) is 25.4. The van der Waals surface area contributed by atoms with E-state index < -0.39 is 20.0 Å². The lowest BCUT2D eigenvalue weighted by Crippen LogP contribution is -2.38. The van der Waals surface area contributed by atoms with Gasteiger partial charge in [0.05, 0.1) is 9.79 Å². The molecule has 3 rings (SSSR count). The number of hydrogen-bond acceptors (Lipinski definition) is 5. The first-order valence-corrected chi connectivity index (χ1v) is 13.9. The summed E-state index contributed by atoms with van der Waals surface area (Å²) in [6.07, 6.45) is 2.45. The fourth-order valence-corrected chi connectivity index (χ4v) is 6.70. The van der Waals surface area contributed by atoms with Crippen molar-refractivity contribution in [1.82, 2.24) is 8.61 Å². The second kappa shape index (κ2) is 10.8. The van der Waals surface area contributed by atoms with Crippen LogP contribution in [0, 0.1) is 19.1 Å². The average Bonchev–Trinajstić information content (AvgIpc) is 2.76. The lowest BCUT2D eigenvalue weighted by atomic mass is 10.2. The van der Waals surface area contributed by atoms with Gasteiger partial charge in [-0.2, -0.15) is 8.61 Å². The summed E-state index contributed by atoms with van der Waals surface area (Å²) in [4.78, 5) is 0.373. The summed E-state index contributed by atoms with van der Waals surface area (Å²) in [7, 11) is -7.53. The van der Waals surface area contributed by atoms with E-state index in [0.717, 1.165) is 15.9 Å². The van der Waals surface area contributed by atoms with Crippen molar-refractivity contribution < 1.29 is 21.6 Å². The van der Waals surface area contributed by atoms with Crippen LogP contribution < -0.4 is 0 Å². The third-order valence-electron chi connectivity index (χ3n) is 5.63. The molecule has 2 aromatic rings. The van der Waals surface area contributed by atoms with E-state index in [1.54, 1.807) is 48.5 Å². The Kier molecular flexibility index (Phi) is 8.28. The van der Waals surface area contributed by atoms with Gasteiger partial charge in [0.15, 0.2) is 12.8 Å². The molecular weight excluding hydrogens is 462 g/mol. The van der Waals surface area contributed by atoms with Crippen LogP contribution >= 0.6 is 0 Å². The zero-order valence-corrected chi connectivity index (χ0v) is 20.7. The molecule has 10 heteroatoms. The Balaban J connectivity index is 1.85. The van der Waals surface area contributed by atoms with Crippen LogP contribution in [0.2, 0.25) is 0 Å². The zero-order valence-electron chi connectivity index (χ0n) is 19.1. The molecule has 2 aromatic carbocycles. The first-order chi connectivity index (χ1) is 15.6. The summed E-state index contributed by atoms with van der Waals surface area (Å²) in [6.45, 7) is 4.57. The van der Waals surface area contributed by atoms with Crippen LogP contribution in [0.5, 0.6) is 0 Å². The molecule has 0 atom stereocenters. The number of sulfonamides is 2. The molecule has 0 radical (unpaired) electrons. The molecule has 33 heavy (non-hydrogen) atoms. The average molecular weight is 494 g/mol. The van der Waals surface area contributed by atoms with Gasteiger partial charge in [-0.15, -0.1) is 0 Å². The van der Waals surface area contributed by atoms with Gasteiger partial charge in [-0.3, -0.25) is 0 Å². The monoisotopic (exact) mass is 493 g/mol. The first-order valence-electron chi connectivity index (χ1n) is 11.0. The van der Waals surface area contributed by atoms with E-state index in [9.17, 15) is 22.0 Å². The fourth-order valence-electron chi connectivity index (χ4n) is 3.69. The Morgan fingerprint density at radius 3 is 1.61 bits per heavy atom.